The maximum Gasteiger partial charge on any atom is 0.310 e. The van der Waals surface area contributed by atoms with Gasteiger partial charge in [0.1, 0.15) is 0 Å². The van der Waals surface area contributed by atoms with Crippen LogP contribution in [0.2, 0.25) is 5.02 Å². The second-order valence-electron chi connectivity index (χ2n) is 5.08. The van der Waals surface area contributed by atoms with Crippen LogP contribution in [0.4, 0.5) is 0 Å². The smallest absolute Gasteiger partial charge is 0.310 e. The average molecular weight is 316 g/mol. The molecule has 1 heterocycles. The average Bonchev–Trinajstić information content (AvgIpc) is 2.92. The number of phenolic OH excluding ortho intramolecular Hbond substituents is 1. The molecule has 1 aliphatic rings. The molecule has 1 fully saturated rings. The normalized spacial score (nSPS) is 21.7. The summed E-state index contributed by atoms with van der Waals surface area (Å²) >= 11 is 5.99. The van der Waals surface area contributed by atoms with Crippen molar-refractivity contribution in [2.45, 2.75) is 12.6 Å². The van der Waals surface area contributed by atoms with Gasteiger partial charge in [-0.05, 0) is 13.1 Å². The molecule has 2 atom stereocenters. The fourth-order valence-electron chi connectivity index (χ4n) is 2.50. The van der Waals surface area contributed by atoms with E-state index in [1.807, 2.05) is 4.90 Å². The van der Waals surface area contributed by atoms with Gasteiger partial charge in [-0.3, -0.25) is 9.69 Å². The molecule has 116 valence electrons. The molecule has 1 aromatic rings. The summed E-state index contributed by atoms with van der Waals surface area (Å²) in [7, 11) is 3.24. The Hall–Kier alpha value is -1.50. The van der Waals surface area contributed by atoms with E-state index >= 15 is 0 Å². The van der Waals surface area contributed by atoms with Crippen molar-refractivity contribution in [2.75, 3.05) is 27.4 Å². The lowest BCUT2D eigenvalue weighted by molar-refractivity contribution is -0.143. The summed E-state index contributed by atoms with van der Waals surface area (Å²) in [4.78, 5) is 13.0. The van der Waals surface area contributed by atoms with Gasteiger partial charge in [0.2, 0.25) is 0 Å². The predicted molar refractivity (Wildman–Crippen MR) is 76.9 cm³/mol. The summed E-state index contributed by atoms with van der Waals surface area (Å²) in [5, 5.41) is 19.8. The molecule has 1 aliphatic heterocycles. The minimum absolute atomic E-state index is 0.0135. The zero-order valence-corrected chi connectivity index (χ0v) is 12.6. The van der Waals surface area contributed by atoms with Crippen LogP contribution in [0.25, 0.3) is 0 Å². The van der Waals surface area contributed by atoms with Crippen LogP contribution in [-0.4, -0.2) is 54.5 Å². The summed E-state index contributed by atoms with van der Waals surface area (Å²) in [5.41, 5.74) is 0.581. The van der Waals surface area contributed by atoms with Crippen molar-refractivity contribution in [2.24, 2.45) is 5.92 Å². The molecule has 0 saturated carbocycles. The van der Waals surface area contributed by atoms with E-state index < -0.39 is 11.9 Å². The molecule has 2 N–H and O–H groups in total. The van der Waals surface area contributed by atoms with Gasteiger partial charge in [0, 0.05) is 29.2 Å². The number of phenols is 1. The Labute approximate surface area is 127 Å². The standard InChI is InChI=1S/C14H18ClNO5/c1-16(11-7-21-6-10(11)14(18)19)5-8-3-9(15)4-12(20-2)13(8)17/h3-4,10-11,17H,5-7H2,1-2H3,(H,18,19). The number of aromatic hydroxyl groups is 1. The third-order valence-corrected chi connectivity index (χ3v) is 3.91. The van der Waals surface area contributed by atoms with E-state index in [-0.39, 0.29) is 18.4 Å². The van der Waals surface area contributed by atoms with Crippen LogP contribution in [0.5, 0.6) is 11.5 Å². The molecule has 0 radical (unpaired) electrons. The number of hydrogen-bond acceptors (Lipinski definition) is 5. The van der Waals surface area contributed by atoms with E-state index in [1.165, 1.54) is 13.2 Å². The Morgan fingerprint density at radius 3 is 2.86 bits per heavy atom. The largest absolute Gasteiger partial charge is 0.504 e. The minimum atomic E-state index is -0.878. The van der Waals surface area contributed by atoms with Gasteiger partial charge in [-0.25, -0.2) is 0 Å². The molecule has 0 amide bonds. The third-order valence-electron chi connectivity index (χ3n) is 3.69. The quantitative estimate of drug-likeness (QED) is 0.859. The lowest BCUT2D eigenvalue weighted by Gasteiger charge is -2.26. The fourth-order valence-corrected chi connectivity index (χ4v) is 2.73. The van der Waals surface area contributed by atoms with Gasteiger partial charge in [0.15, 0.2) is 11.5 Å². The summed E-state index contributed by atoms with van der Waals surface area (Å²) < 4.78 is 10.3. The van der Waals surface area contributed by atoms with Crippen molar-refractivity contribution >= 4 is 17.6 Å². The highest BCUT2D eigenvalue weighted by Gasteiger charge is 2.36. The Morgan fingerprint density at radius 2 is 2.24 bits per heavy atom. The van der Waals surface area contributed by atoms with Gasteiger partial charge in [0.25, 0.3) is 0 Å². The Kier molecular flexibility index (Phi) is 4.92. The first kappa shape index (κ1) is 15.9. The maximum absolute atomic E-state index is 11.2. The number of halogens is 1. The molecule has 0 aromatic heterocycles. The van der Waals surface area contributed by atoms with E-state index in [0.717, 1.165) is 0 Å². The van der Waals surface area contributed by atoms with Gasteiger partial charge in [-0.15, -0.1) is 0 Å². The first-order valence-electron chi connectivity index (χ1n) is 6.50. The number of hydrogen-bond donors (Lipinski definition) is 2. The zero-order valence-electron chi connectivity index (χ0n) is 11.9. The van der Waals surface area contributed by atoms with Crippen LogP contribution < -0.4 is 4.74 Å². The first-order valence-corrected chi connectivity index (χ1v) is 6.88. The van der Waals surface area contributed by atoms with Crippen molar-refractivity contribution in [3.8, 4) is 11.5 Å². The van der Waals surface area contributed by atoms with E-state index in [0.29, 0.717) is 29.5 Å². The molecule has 0 bridgehead atoms. The van der Waals surface area contributed by atoms with E-state index in [2.05, 4.69) is 0 Å². The van der Waals surface area contributed by atoms with Crippen LogP contribution in [0.3, 0.4) is 0 Å². The van der Waals surface area contributed by atoms with Crippen LogP contribution >= 0.6 is 11.6 Å². The van der Waals surface area contributed by atoms with Gasteiger partial charge in [0.05, 0.1) is 26.2 Å². The summed E-state index contributed by atoms with van der Waals surface area (Å²) in [6.45, 7) is 0.904. The number of rotatable bonds is 5. The monoisotopic (exact) mass is 315 g/mol. The molecule has 0 spiro atoms. The number of ether oxygens (including phenoxy) is 2. The highest BCUT2D eigenvalue weighted by molar-refractivity contribution is 6.30. The topological polar surface area (TPSA) is 79.2 Å². The zero-order chi connectivity index (χ0) is 15.6. The molecule has 2 unspecified atom stereocenters. The number of methoxy groups -OCH3 is 1. The Balaban J connectivity index is 2.18. The maximum atomic E-state index is 11.2. The highest BCUT2D eigenvalue weighted by Crippen LogP contribution is 2.34. The summed E-state index contributed by atoms with van der Waals surface area (Å²) in [6.07, 6.45) is 0. The number of benzene rings is 1. The van der Waals surface area contributed by atoms with Crippen molar-refractivity contribution in [1.29, 1.82) is 0 Å². The molecular formula is C14H18ClNO5. The minimum Gasteiger partial charge on any atom is -0.504 e. The molecular weight excluding hydrogens is 298 g/mol. The number of nitrogens with zero attached hydrogens (tertiary/aromatic N) is 1. The number of carbonyl (C=O) groups is 1. The van der Waals surface area contributed by atoms with Gasteiger partial charge in [-0.1, -0.05) is 11.6 Å². The highest BCUT2D eigenvalue weighted by atomic mass is 35.5. The molecule has 1 aromatic carbocycles. The number of aliphatic carboxylic acids is 1. The fraction of sp³-hybridized carbons (Fsp3) is 0.500. The Bertz CT molecular complexity index is 536. The summed E-state index contributed by atoms with van der Waals surface area (Å²) in [6, 6.07) is 2.92. The number of likely N-dealkylation sites (N-methyl/N-ethyl adjacent to an activating group) is 1. The molecule has 2 rings (SSSR count). The van der Waals surface area contributed by atoms with Crippen molar-refractivity contribution in [1.82, 2.24) is 4.90 Å². The third kappa shape index (κ3) is 3.40. The van der Waals surface area contributed by atoms with E-state index in [4.69, 9.17) is 21.1 Å². The second kappa shape index (κ2) is 6.51. The van der Waals surface area contributed by atoms with Crippen molar-refractivity contribution in [3.05, 3.63) is 22.7 Å². The SMILES string of the molecule is COc1cc(Cl)cc(CN(C)C2COCC2C(=O)O)c1O. The molecule has 0 aliphatic carbocycles. The first-order chi connectivity index (χ1) is 9.93. The van der Waals surface area contributed by atoms with Crippen molar-refractivity contribution < 1.29 is 24.5 Å². The van der Waals surface area contributed by atoms with Gasteiger partial charge >= 0.3 is 5.97 Å². The van der Waals surface area contributed by atoms with Gasteiger partial charge < -0.3 is 19.7 Å². The number of carboxylic acids is 1. The van der Waals surface area contributed by atoms with Gasteiger partial charge in [-0.2, -0.15) is 0 Å². The lowest BCUT2D eigenvalue weighted by Crippen LogP contribution is -2.40. The molecule has 6 nitrogen and oxygen atoms in total. The molecule has 7 heteroatoms. The van der Waals surface area contributed by atoms with Crippen molar-refractivity contribution in [3.63, 3.8) is 0 Å². The second-order valence-corrected chi connectivity index (χ2v) is 5.52. The van der Waals surface area contributed by atoms with Crippen LogP contribution in [0.15, 0.2) is 12.1 Å². The summed E-state index contributed by atoms with van der Waals surface area (Å²) in [5.74, 6) is -1.14. The lowest BCUT2D eigenvalue weighted by atomic mass is 10.0. The molecule has 1 saturated heterocycles. The van der Waals surface area contributed by atoms with Crippen LogP contribution in [0, 0.1) is 5.92 Å². The number of carboxylic acid groups (broad SMARTS) is 1. The van der Waals surface area contributed by atoms with E-state index in [1.54, 1.807) is 13.1 Å². The predicted octanol–water partition coefficient (Wildman–Crippen LogP) is 1.59. The molecule has 21 heavy (non-hydrogen) atoms. The Morgan fingerprint density at radius 1 is 1.52 bits per heavy atom. The van der Waals surface area contributed by atoms with Crippen LogP contribution in [0.1, 0.15) is 5.56 Å². The van der Waals surface area contributed by atoms with E-state index in [9.17, 15) is 15.0 Å². The van der Waals surface area contributed by atoms with Crippen LogP contribution in [-0.2, 0) is 16.1 Å².